The highest BCUT2D eigenvalue weighted by Gasteiger charge is 2.05. The van der Waals surface area contributed by atoms with Gasteiger partial charge in [0.05, 0.1) is 6.61 Å². The number of rotatable bonds is 6. The first kappa shape index (κ1) is 12.2. The lowest BCUT2D eigenvalue weighted by atomic mass is 10.4. The first-order chi connectivity index (χ1) is 7.72. The molecule has 0 radical (unpaired) electrons. The lowest BCUT2D eigenvalue weighted by Crippen LogP contribution is -2.31. The van der Waals surface area contributed by atoms with Gasteiger partial charge >= 0.3 is 5.97 Å². The van der Waals surface area contributed by atoms with Crippen molar-refractivity contribution in [2.24, 2.45) is 0 Å². The summed E-state index contributed by atoms with van der Waals surface area (Å²) in [5.41, 5.74) is 0. The Kier molecular flexibility index (Phi) is 5.04. The number of nitrogens with one attached hydrogen (secondary N) is 1. The molecular formula is C10H15N3O3. The van der Waals surface area contributed by atoms with Crippen molar-refractivity contribution >= 4 is 11.9 Å². The summed E-state index contributed by atoms with van der Waals surface area (Å²) in [4.78, 5) is 22.2. The fourth-order valence-corrected chi connectivity index (χ4v) is 1.12. The van der Waals surface area contributed by atoms with Gasteiger partial charge in [-0.2, -0.15) is 5.10 Å². The lowest BCUT2D eigenvalue weighted by molar-refractivity contribution is -0.143. The van der Waals surface area contributed by atoms with Crippen molar-refractivity contribution in [2.45, 2.75) is 19.9 Å². The van der Waals surface area contributed by atoms with E-state index in [1.54, 1.807) is 30.1 Å². The summed E-state index contributed by atoms with van der Waals surface area (Å²) in [6, 6.07) is 1.79. The zero-order chi connectivity index (χ0) is 11.8. The number of hydrogen-bond donors (Lipinski definition) is 1. The van der Waals surface area contributed by atoms with Crippen LogP contribution in [-0.2, 0) is 20.9 Å². The SMILES string of the molecule is CCOC(=O)CNC(=O)CCn1cccn1. The second-order valence-corrected chi connectivity index (χ2v) is 3.10. The van der Waals surface area contributed by atoms with Gasteiger partial charge in [0.1, 0.15) is 6.54 Å². The monoisotopic (exact) mass is 225 g/mol. The zero-order valence-electron chi connectivity index (χ0n) is 9.18. The number of nitrogens with zero attached hydrogens (tertiary/aromatic N) is 2. The van der Waals surface area contributed by atoms with E-state index in [-0.39, 0.29) is 12.5 Å². The molecular weight excluding hydrogens is 210 g/mol. The number of aromatic nitrogens is 2. The maximum absolute atomic E-state index is 11.3. The van der Waals surface area contributed by atoms with E-state index in [0.29, 0.717) is 19.6 Å². The van der Waals surface area contributed by atoms with Gasteiger partial charge in [0, 0.05) is 25.4 Å². The first-order valence-electron chi connectivity index (χ1n) is 5.12. The summed E-state index contributed by atoms with van der Waals surface area (Å²) in [6.07, 6.45) is 3.72. The molecule has 0 fully saturated rings. The van der Waals surface area contributed by atoms with Crippen molar-refractivity contribution in [3.05, 3.63) is 18.5 Å². The molecule has 0 aliphatic carbocycles. The average molecular weight is 225 g/mol. The molecule has 16 heavy (non-hydrogen) atoms. The quantitative estimate of drug-likeness (QED) is 0.689. The average Bonchev–Trinajstić information content (AvgIpc) is 2.77. The van der Waals surface area contributed by atoms with Gasteiger partial charge in [0.25, 0.3) is 0 Å². The normalized spacial score (nSPS) is 9.81. The van der Waals surface area contributed by atoms with Crippen molar-refractivity contribution in [1.82, 2.24) is 15.1 Å². The Morgan fingerprint density at radius 1 is 1.50 bits per heavy atom. The third-order valence-electron chi connectivity index (χ3n) is 1.86. The molecule has 0 saturated heterocycles. The highest BCUT2D eigenvalue weighted by atomic mass is 16.5. The summed E-state index contributed by atoms with van der Waals surface area (Å²) in [6.45, 7) is 2.47. The second kappa shape index (κ2) is 6.60. The van der Waals surface area contributed by atoms with Gasteiger partial charge in [-0.05, 0) is 13.0 Å². The molecule has 0 unspecified atom stereocenters. The summed E-state index contributed by atoms with van der Waals surface area (Å²) < 4.78 is 6.33. The van der Waals surface area contributed by atoms with Crippen molar-refractivity contribution in [1.29, 1.82) is 0 Å². The van der Waals surface area contributed by atoms with Crippen LogP contribution in [0.25, 0.3) is 0 Å². The molecule has 0 spiro atoms. The van der Waals surface area contributed by atoms with Crippen LogP contribution in [0.3, 0.4) is 0 Å². The van der Waals surface area contributed by atoms with Crippen LogP contribution >= 0.6 is 0 Å². The van der Waals surface area contributed by atoms with E-state index >= 15 is 0 Å². The van der Waals surface area contributed by atoms with Crippen molar-refractivity contribution < 1.29 is 14.3 Å². The summed E-state index contributed by atoms with van der Waals surface area (Å²) in [7, 11) is 0. The summed E-state index contributed by atoms with van der Waals surface area (Å²) >= 11 is 0. The largest absolute Gasteiger partial charge is 0.465 e. The van der Waals surface area contributed by atoms with E-state index in [2.05, 4.69) is 15.2 Å². The minimum atomic E-state index is -0.421. The third kappa shape index (κ3) is 4.59. The Balaban J connectivity index is 2.14. The Hall–Kier alpha value is -1.85. The van der Waals surface area contributed by atoms with E-state index < -0.39 is 5.97 Å². The third-order valence-corrected chi connectivity index (χ3v) is 1.86. The van der Waals surface area contributed by atoms with Crippen LogP contribution < -0.4 is 5.32 Å². The predicted molar refractivity (Wildman–Crippen MR) is 56.5 cm³/mol. The molecule has 0 aliphatic rings. The van der Waals surface area contributed by atoms with Crippen LogP contribution in [-0.4, -0.2) is 34.8 Å². The molecule has 1 N–H and O–H groups in total. The van der Waals surface area contributed by atoms with Gasteiger partial charge in [0.2, 0.25) is 5.91 Å². The van der Waals surface area contributed by atoms with Crippen molar-refractivity contribution in [3.63, 3.8) is 0 Å². The number of hydrogen-bond acceptors (Lipinski definition) is 4. The molecule has 88 valence electrons. The minimum absolute atomic E-state index is 0.0776. The smallest absolute Gasteiger partial charge is 0.325 e. The van der Waals surface area contributed by atoms with Gasteiger partial charge in [-0.25, -0.2) is 0 Å². The van der Waals surface area contributed by atoms with Crippen LogP contribution in [0, 0.1) is 0 Å². The summed E-state index contributed by atoms with van der Waals surface area (Å²) in [5.74, 6) is -0.613. The Bertz CT molecular complexity index is 335. The molecule has 0 aliphatic heterocycles. The maximum atomic E-state index is 11.3. The second-order valence-electron chi connectivity index (χ2n) is 3.10. The number of carbonyl (C=O) groups is 2. The highest BCUT2D eigenvalue weighted by molar-refractivity contribution is 5.81. The first-order valence-corrected chi connectivity index (χ1v) is 5.12. The van der Waals surface area contributed by atoms with Gasteiger partial charge in [-0.15, -0.1) is 0 Å². The summed E-state index contributed by atoms with van der Waals surface area (Å²) in [5, 5.41) is 6.43. The van der Waals surface area contributed by atoms with E-state index in [1.165, 1.54) is 0 Å². The number of ether oxygens (including phenoxy) is 1. The fraction of sp³-hybridized carbons (Fsp3) is 0.500. The van der Waals surface area contributed by atoms with Crippen LogP contribution in [0.4, 0.5) is 0 Å². The number of aryl methyl sites for hydroxylation is 1. The molecule has 0 bridgehead atoms. The molecule has 6 heteroatoms. The van der Waals surface area contributed by atoms with E-state index in [0.717, 1.165) is 0 Å². The van der Waals surface area contributed by atoms with Crippen LogP contribution in [0.1, 0.15) is 13.3 Å². The van der Waals surface area contributed by atoms with E-state index in [4.69, 9.17) is 0 Å². The molecule has 1 heterocycles. The molecule has 1 aromatic heterocycles. The lowest BCUT2D eigenvalue weighted by Gasteiger charge is -2.04. The molecule has 0 aromatic carbocycles. The standard InChI is InChI=1S/C10H15N3O3/c1-2-16-10(15)8-11-9(14)4-7-13-6-3-5-12-13/h3,5-6H,2,4,7-8H2,1H3,(H,11,14). The van der Waals surface area contributed by atoms with Crippen molar-refractivity contribution in [3.8, 4) is 0 Å². The molecule has 1 rings (SSSR count). The zero-order valence-corrected chi connectivity index (χ0v) is 9.18. The van der Waals surface area contributed by atoms with E-state index in [1.807, 2.05) is 0 Å². The van der Waals surface area contributed by atoms with Gasteiger partial charge in [0.15, 0.2) is 0 Å². The number of carbonyl (C=O) groups excluding carboxylic acids is 2. The Morgan fingerprint density at radius 3 is 2.94 bits per heavy atom. The maximum Gasteiger partial charge on any atom is 0.325 e. The van der Waals surface area contributed by atoms with Gasteiger partial charge < -0.3 is 10.1 Å². The molecule has 0 atom stereocenters. The van der Waals surface area contributed by atoms with Crippen LogP contribution in [0.2, 0.25) is 0 Å². The molecule has 6 nitrogen and oxygen atoms in total. The highest BCUT2D eigenvalue weighted by Crippen LogP contribution is 1.89. The Labute approximate surface area is 93.6 Å². The van der Waals surface area contributed by atoms with Crippen molar-refractivity contribution in [2.75, 3.05) is 13.2 Å². The predicted octanol–water partition coefficient (Wildman–Crippen LogP) is -0.0475. The van der Waals surface area contributed by atoms with Crippen LogP contribution in [0.15, 0.2) is 18.5 Å². The topological polar surface area (TPSA) is 73.2 Å². The molecule has 1 amide bonds. The number of esters is 1. The Morgan fingerprint density at radius 2 is 2.31 bits per heavy atom. The van der Waals surface area contributed by atoms with Gasteiger partial charge in [-0.3, -0.25) is 14.3 Å². The number of amides is 1. The van der Waals surface area contributed by atoms with Crippen LogP contribution in [0.5, 0.6) is 0 Å². The minimum Gasteiger partial charge on any atom is -0.465 e. The fourth-order valence-electron chi connectivity index (χ4n) is 1.12. The molecule has 0 saturated carbocycles. The van der Waals surface area contributed by atoms with E-state index in [9.17, 15) is 9.59 Å². The molecule has 1 aromatic rings. The van der Waals surface area contributed by atoms with Gasteiger partial charge in [-0.1, -0.05) is 0 Å².